The molecular weight excluding hydrogens is 268 g/mol. The number of aromatic carboxylic acids is 1. The van der Waals surface area contributed by atoms with Gasteiger partial charge in [0.1, 0.15) is 5.75 Å². The first-order chi connectivity index (χ1) is 8.70. The van der Waals surface area contributed by atoms with Crippen LogP contribution in [0.1, 0.15) is 15.9 Å². The molecule has 18 heavy (non-hydrogen) atoms. The lowest BCUT2D eigenvalue weighted by atomic mass is 10.1. The number of thiophene rings is 1. The predicted octanol–water partition coefficient (Wildman–Crippen LogP) is 3.75. The Morgan fingerprint density at radius 2 is 2.28 bits per heavy atom. The van der Waals surface area contributed by atoms with Crippen molar-refractivity contribution in [3.05, 3.63) is 46.8 Å². The summed E-state index contributed by atoms with van der Waals surface area (Å²) >= 11 is 3.35. The highest BCUT2D eigenvalue weighted by Crippen LogP contribution is 2.31. The van der Waals surface area contributed by atoms with Gasteiger partial charge in [-0.05, 0) is 29.6 Å². The Morgan fingerprint density at radius 1 is 1.44 bits per heavy atom. The molecule has 0 saturated heterocycles. The Labute approximate surface area is 113 Å². The first kappa shape index (κ1) is 13.0. The van der Waals surface area contributed by atoms with Crippen LogP contribution in [0.3, 0.4) is 0 Å². The molecule has 0 spiro atoms. The molecule has 1 heterocycles. The average Bonchev–Trinajstić information content (AvgIpc) is 2.89. The summed E-state index contributed by atoms with van der Waals surface area (Å²) in [5.41, 5.74) is 1.19. The summed E-state index contributed by atoms with van der Waals surface area (Å²) in [7, 11) is 1.59. The molecule has 0 aliphatic carbocycles. The lowest BCUT2D eigenvalue weighted by molar-refractivity contribution is 0.0696. The van der Waals surface area contributed by atoms with Crippen LogP contribution in [-0.4, -0.2) is 18.2 Å². The van der Waals surface area contributed by atoms with E-state index in [-0.39, 0.29) is 5.56 Å². The molecule has 0 atom stereocenters. The second-order valence-corrected chi connectivity index (χ2v) is 5.78. The maximum atomic E-state index is 10.9. The smallest absolute Gasteiger partial charge is 0.335 e. The first-order valence-corrected chi connectivity index (χ1v) is 7.13. The zero-order valence-corrected chi connectivity index (χ0v) is 11.4. The van der Waals surface area contributed by atoms with Gasteiger partial charge in [-0.2, -0.15) is 0 Å². The van der Waals surface area contributed by atoms with Crippen LogP contribution in [0.25, 0.3) is 0 Å². The largest absolute Gasteiger partial charge is 0.496 e. The van der Waals surface area contributed by atoms with E-state index < -0.39 is 5.97 Å². The highest BCUT2D eigenvalue weighted by molar-refractivity contribution is 8.00. The maximum Gasteiger partial charge on any atom is 0.335 e. The number of ether oxygens (including phenoxy) is 1. The fourth-order valence-corrected chi connectivity index (χ4v) is 3.28. The molecule has 0 unspecified atom stereocenters. The van der Waals surface area contributed by atoms with Crippen molar-refractivity contribution in [3.63, 3.8) is 0 Å². The molecule has 0 aliphatic rings. The van der Waals surface area contributed by atoms with Gasteiger partial charge in [0.25, 0.3) is 0 Å². The van der Waals surface area contributed by atoms with Crippen molar-refractivity contribution in [2.24, 2.45) is 0 Å². The van der Waals surface area contributed by atoms with Gasteiger partial charge < -0.3 is 9.84 Å². The number of carboxylic acid groups (broad SMARTS) is 1. The normalized spacial score (nSPS) is 10.3. The molecule has 1 aromatic heterocycles. The number of hydrogen-bond acceptors (Lipinski definition) is 4. The molecule has 0 radical (unpaired) electrons. The van der Waals surface area contributed by atoms with E-state index in [0.29, 0.717) is 5.75 Å². The molecule has 2 aromatic rings. The first-order valence-electron chi connectivity index (χ1n) is 5.27. The van der Waals surface area contributed by atoms with Crippen LogP contribution >= 0.6 is 23.1 Å². The molecule has 1 N–H and O–H groups in total. The third-order valence-electron chi connectivity index (χ3n) is 2.39. The van der Waals surface area contributed by atoms with Gasteiger partial charge >= 0.3 is 5.97 Å². The van der Waals surface area contributed by atoms with Gasteiger partial charge in [-0.3, -0.25) is 0 Å². The van der Waals surface area contributed by atoms with Crippen LogP contribution in [0.2, 0.25) is 0 Å². The van der Waals surface area contributed by atoms with Gasteiger partial charge in [-0.1, -0.05) is 6.07 Å². The molecular formula is C13H12O3S2. The van der Waals surface area contributed by atoms with Crippen LogP contribution in [0, 0.1) is 0 Å². The molecule has 3 nitrogen and oxygen atoms in total. The van der Waals surface area contributed by atoms with Crippen molar-refractivity contribution in [3.8, 4) is 5.75 Å². The molecule has 0 saturated carbocycles. The van der Waals surface area contributed by atoms with Crippen molar-refractivity contribution in [1.82, 2.24) is 0 Å². The zero-order chi connectivity index (χ0) is 13.0. The Hall–Kier alpha value is -1.46. The Morgan fingerprint density at radius 3 is 2.89 bits per heavy atom. The minimum absolute atomic E-state index is 0.289. The second kappa shape index (κ2) is 5.93. The summed E-state index contributed by atoms with van der Waals surface area (Å²) in [6, 6.07) is 8.97. The monoisotopic (exact) mass is 280 g/mol. The second-order valence-electron chi connectivity index (χ2n) is 3.55. The van der Waals surface area contributed by atoms with Gasteiger partial charge in [0, 0.05) is 11.3 Å². The molecule has 0 fully saturated rings. The SMILES string of the molecule is COc1ccc(C(=O)O)cc1CSc1cccs1. The van der Waals surface area contributed by atoms with E-state index in [1.165, 1.54) is 4.21 Å². The highest BCUT2D eigenvalue weighted by Gasteiger charge is 2.09. The summed E-state index contributed by atoms with van der Waals surface area (Å²) < 4.78 is 6.45. The number of methoxy groups -OCH3 is 1. The number of rotatable bonds is 5. The Kier molecular flexibility index (Phi) is 4.28. The molecule has 5 heteroatoms. The number of carbonyl (C=O) groups is 1. The van der Waals surface area contributed by atoms with E-state index >= 15 is 0 Å². The summed E-state index contributed by atoms with van der Waals surface area (Å²) in [5.74, 6) is 0.509. The fourth-order valence-electron chi connectivity index (χ4n) is 1.52. The lowest BCUT2D eigenvalue weighted by Crippen LogP contribution is -1.99. The van der Waals surface area contributed by atoms with Crippen LogP contribution in [0.4, 0.5) is 0 Å². The number of carboxylic acids is 1. The van der Waals surface area contributed by atoms with Crippen molar-refractivity contribution in [2.75, 3.05) is 7.11 Å². The summed E-state index contributed by atoms with van der Waals surface area (Å²) in [6.07, 6.45) is 0. The van der Waals surface area contributed by atoms with E-state index in [1.54, 1.807) is 48.4 Å². The van der Waals surface area contributed by atoms with E-state index in [4.69, 9.17) is 9.84 Å². The Balaban J connectivity index is 2.18. The number of benzene rings is 1. The van der Waals surface area contributed by atoms with E-state index in [2.05, 4.69) is 0 Å². The predicted molar refractivity (Wildman–Crippen MR) is 73.8 cm³/mol. The lowest BCUT2D eigenvalue weighted by Gasteiger charge is -2.08. The van der Waals surface area contributed by atoms with E-state index in [9.17, 15) is 4.79 Å². The summed E-state index contributed by atoms with van der Waals surface area (Å²) in [6.45, 7) is 0. The van der Waals surface area contributed by atoms with Gasteiger partial charge in [0.2, 0.25) is 0 Å². The zero-order valence-electron chi connectivity index (χ0n) is 9.75. The van der Waals surface area contributed by atoms with Crippen LogP contribution in [0.15, 0.2) is 39.9 Å². The van der Waals surface area contributed by atoms with Crippen molar-refractivity contribution >= 4 is 29.1 Å². The van der Waals surface area contributed by atoms with Crippen LogP contribution in [-0.2, 0) is 5.75 Å². The number of hydrogen-bond donors (Lipinski definition) is 1. The van der Waals surface area contributed by atoms with Crippen LogP contribution < -0.4 is 4.74 Å². The maximum absolute atomic E-state index is 10.9. The third kappa shape index (κ3) is 3.05. The molecule has 0 aliphatic heterocycles. The minimum Gasteiger partial charge on any atom is -0.496 e. The Bertz CT molecular complexity index is 535. The van der Waals surface area contributed by atoms with Crippen molar-refractivity contribution in [2.45, 2.75) is 9.96 Å². The molecule has 0 amide bonds. The topological polar surface area (TPSA) is 46.5 Å². The van der Waals surface area contributed by atoms with Gasteiger partial charge in [0.15, 0.2) is 0 Å². The highest BCUT2D eigenvalue weighted by atomic mass is 32.2. The average molecular weight is 280 g/mol. The van der Waals surface area contributed by atoms with Gasteiger partial charge in [-0.15, -0.1) is 23.1 Å². The van der Waals surface area contributed by atoms with Crippen molar-refractivity contribution < 1.29 is 14.6 Å². The third-order valence-corrected chi connectivity index (χ3v) is 4.57. The summed E-state index contributed by atoms with van der Waals surface area (Å²) in [5, 5.41) is 11.0. The number of thioether (sulfide) groups is 1. The molecule has 94 valence electrons. The van der Waals surface area contributed by atoms with Crippen molar-refractivity contribution in [1.29, 1.82) is 0 Å². The van der Waals surface area contributed by atoms with Crippen LogP contribution in [0.5, 0.6) is 5.75 Å². The fraction of sp³-hybridized carbons (Fsp3) is 0.154. The quantitative estimate of drug-likeness (QED) is 0.847. The van der Waals surface area contributed by atoms with Gasteiger partial charge in [0.05, 0.1) is 16.9 Å². The molecule has 0 bridgehead atoms. The summed E-state index contributed by atoms with van der Waals surface area (Å²) in [4.78, 5) is 10.9. The standard InChI is InChI=1S/C13H12O3S2/c1-16-11-5-4-9(13(14)15)7-10(11)8-18-12-3-2-6-17-12/h2-7H,8H2,1H3,(H,14,15). The van der Waals surface area contributed by atoms with E-state index in [1.807, 2.05) is 17.5 Å². The molecule has 2 rings (SSSR count). The molecule has 1 aromatic carbocycles. The minimum atomic E-state index is -0.917. The van der Waals surface area contributed by atoms with E-state index in [0.717, 1.165) is 11.3 Å². The van der Waals surface area contributed by atoms with Gasteiger partial charge in [-0.25, -0.2) is 4.79 Å².